The summed E-state index contributed by atoms with van der Waals surface area (Å²) < 4.78 is 15.5. The molecule has 2 aromatic rings. The molecule has 0 saturated heterocycles. The fourth-order valence-corrected chi connectivity index (χ4v) is 2.55. The molecule has 136 valence electrons. The molecule has 1 aliphatic heterocycles. The van der Waals surface area contributed by atoms with Crippen molar-refractivity contribution in [3.63, 3.8) is 0 Å². The van der Waals surface area contributed by atoms with Crippen LogP contribution >= 0.6 is 0 Å². The first-order valence-corrected chi connectivity index (χ1v) is 8.12. The summed E-state index contributed by atoms with van der Waals surface area (Å²) in [5.41, 5.74) is 1.36. The minimum absolute atomic E-state index is 0.0389. The van der Waals surface area contributed by atoms with Gasteiger partial charge in [0.2, 0.25) is 0 Å². The number of aliphatic hydroxyl groups excluding tert-OH is 1. The second kappa shape index (κ2) is 7.88. The van der Waals surface area contributed by atoms with Crippen molar-refractivity contribution in [1.29, 1.82) is 0 Å². The lowest BCUT2D eigenvalue weighted by atomic mass is 10.1. The van der Waals surface area contributed by atoms with E-state index in [9.17, 15) is 14.7 Å². The predicted octanol–water partition coefficient (Wildman–Crippen LogP) is 1.71. The van der Waals surface area contributed by atoms with Gasteiger partial charge in [0.25, 0.3) is 5.91 Å². The molecule has 0 aromatic heterocycles. The number of amides is 1. The van der Waals surface area contributed by atoms with Gasteiger partial charge in [0, 0.05) is 12.1 Å². The number of rotatable bonds is 5. The first-order valence-electron chi connectivity index (χ1n) is 8.12. The average Bonchev–Trinajstić information content (AvgIpc) is 2.70. The van der Waals surface area contributed by atoms with Crippen LogP contribution in [0.2, 0.25) is 0 Å². The third kappa shape index (κ3) is 3.94. The van der Waals surface area contributed by atoms with Crippen molar-refractivity contribution in [3.8, 4) is 11.5 Å². The van der Waals surface area contributed by atoms with E-state index in [1.54, 1.807) is 18.2 Å². The number of ether oxygens (including phenoxy) is 3. The highest BCUT2D eigenvalue weighted by Gasteiger charge is 2.16. The number of esters is 1. The summed E-state index contributed by atoms with van der Waals surface area (Å²) in [6.07, 6.45) is -0.885. The molecule has 0 bridgehead atoms. The number of hydrogen-bond donors (Lipinski definition) is 2. The normalized spacial score (nSPS) is 13.6. The van der Waals surface area contributed by atoms with E-state index in [-0.39, 0.29) is 12.5 Å². The minimum Gasteiger partial charge on any atom is -0.486 e. The van der Waals surface area contributed by atoms with E-state index in [0.717, 1.165) is 0 Å². The highest BCUT2D eigenvalue weighted by molar-refractivity contribution is 5.96. The van der Waals surface area contributed by atoms with Gasteiger partial charge in [-0.15, -0.1) is 0 Å². The Morgan fingerprint density at radius 3 is 2.42 bits per heavy atom. The van der Waals surface area contributed by atoms with Crippen LogP contribution in [0.25, 0.3) is 0 Å². The van der Waals surface area contributed by atoms with Crippen LogP contribution in [0.3, 0.4) is 0 Å². The van der Waals surface area contributed by atoms with Crippen LogP contribution in [0, 0.1) is 0 Å². The van der Waals surface area contributed by atoms with Crippen molar-refractivity contribution >= 4 is 11.9 Å². The Balaban J connectivity index is 1.59. The number of nitrogens with one attached hydrogen (secondary N) is 1. The Kier molecular flexibility index (Phi) is 5.38. The summed E-state index contributed by atoms with van der Waals surface area (Å²) in [5.74, 6) is 0.406. The zero-order chi connectivity index (χ0) is 18.5. The lowest BCUT2D eigenvalue weighted by Crippen LogP contribution is -2.28. The number of carbonyl (C=O) groups is 2. The highest BCUT2D eigenvalue weighted by Crippen LogP contribution is 2.32. The first-order chi connectivity index (χ1) is 12.6. The van der Waals surface area contributed by atoms with E-state index in [1.807, 2.05) is 0 Å². The molecule has 7 nitrogen and oxygen atoms in total. The molecule has 0 fully saturated rings. The molecular formula is C19H19NO6. The van der Waals surface area contributed by atoms with Gasteiger partial charge in [-0.1, -0.05) is 6.07 Å². The molecule has 0 saturated carbocycles. The molecule has 1 aliphatic rings. The summed E-state index contributed by atoms with van der Waals surface area (Å²) in [6.45, 7) is 1.00. The molecule has 3 rings (SSSR count). The third-order valence-corrected chi connectivity index (χ3v) is 3.98. The van der Waals surface area contributed by atoms with Crippen molar-refractivity contribution in [3.05, 3.63) is 59.2 Å². The largest absolute Gasteiger partial charge is 0.486 e. The Morgan fingerprint density at radius 2 is 1.73 bits per heavy atom. The van der Waals surface area contributed by atoms with Crippen molar-refractivity contribution in [2.45, 2.75) is 6.10 Å². The maximum atomic E-state index is 12.2. The molecule has 1 heterocycles. The zero-order valence-electron chi connectivity index (χ0n) is 14.2. The summed E-state index contributed by atoms with van der Waals surface area (Å²) in [7, 11) is 1.29. The molecule has 0 unspecified atom stereocenters. The Hall–Kier alpha value is -3.06. The molecule has 0 radical (unpaired) electrons. The number of carbonyl (C=O) groups excluding carboxylic acids is 2. The van der Waals surface area contributed by atoms with Gasteiger partial charge in [0.1, 0.15) is 13.2 Å². The van der Waals surface area contributed by atoms with E-state index in [2.05, 4.69) is 10.1 Å². The molecule has 2 N–H and O–H groups in total. The highest BCUT2D eigenvalue weighted by atomic mass is 16.6. The van der Waals surface area contributed by atoms with E-state index in [0.29, 0.717) is 41.4 Å². The number of aliphatic hydroxyl groups is 1. The van der Waals surface area contributed by atoms with Crippen molar-refractivity contribution in [1.82, 2.24) is 5.32 Å². The summed E-state index contributed by atoms with van der Waals surface area (Å²) in [5, 5.41) is 13.0. The number of fused-ring (bicyclic) bond motifs is 1. The smallest absolute Gasteiger partial charge is 0.337 e. The summed E-state index contributed by atoms with van der Waals surface area (Å²) in [4.78, 5) is 23.6. The standard InChI is InChI=1S/C19H19NO6/c1-24-19(23)13-4-2-12(3-5-13)18(22)20-11-15(21)14-6-7-16-17(10-14)26-9-8-25-16/h2-7,10,15,21H,8-9,11H2,1H3,(H,20,22)/t15-/m0/s1. The van der Waals surface area contributed by atoms with E-state index in [1.165, 1.54) is 31.4 Å². The lowest BCUT2D eigenvalue weighted by Gasteiger charge is -2.20. The van der Waals surface area contributed by atoms with Crippen LogP contribution in [-0.2, 0) is 4.74 Å². The van der Waals surface area contributed by atoms with Crippen molar-refractivity contribution in [2.24, 2.45) is 0 Å². The molecule has 2 aromatic carbocycles. The molecule has 1 amide bonds. The summed E-state index contributed by atoms with van der Waals surface area (Å²) >= 11 is 0. The van der Waals surface area contributed by atoms with Gasteiger partial charge in [-0.3, -0.25) is 4.79 Å². The topological polar surface area (TPSA) is 94.1 Å². The average molecular weight is 357 g/mol. The van der Waals surface area contributed by atoms with Gasteiger partial charge in [-0.05, 0) is 42.0 Å². The second-order valence-corrected chi connectivity index (χ2v) is 5.70. The van der Waals surface area contributed by atoms with Crippen LogP contribution in [-0.4, -0.2) is 43.9 Å². The molecular weight excluding hydrogens is 338 g/mol. The SMILES string of the molecule is COC(=O)c1ccc(C(=O)NC[C@H](O)c2ccc3c(c2)OCCO3)cc1. The Morgan fingerprint density at radius 1 is 1.08 bits per heavy atom. The molecule has 1 atom stereocenters. The van der Waals surface area contributed by atoms with Crippen LogP contribution in [0.1, 0.15) is 32.4 Å². The van der Waals surface area contributed by atoms with Crippen molar-refractivity contribution < 1.29 is 28.9 Å². The maximum Gasteiger partial charge on any atom is 0.337 e. The number of benzene rings is 2. The quantitative estimate of drug-likeness (QED) is 0.791. The maximum absolute atomic E-state index is 12.2. The van der Waals surface area contributed by atoms with Crippen LogP contribution in [0.15, 0.2) is 42.5 Å². The van der Waals surface area contributed by atoms with E-state index in [4.69, 9.17) is 9.47 Å². The van der Waals surface area contributed by atoms with Gasteiger partial charge in [0.05, 0.1) is 18.8 Å². The van der Waals surface area contributed by atoms with Gasteiger partial charge >= 0.3 is 5.97 Å². The fraction of sp³-hybridized carbons (Fsp3) is 0.263. The second-order valence-electron chi connectivity index (χ2n) is 5.70. The molecule has 7 heteroatoms. The fourth-order valence-electron chi connectivity index (χ4n) is 2.55. The Labute approximate surface area is 150 Å². The van der Waals surface area contributed by atoms with Crippen LogP contribution in [0.5, 0.6) is 11.5 Å². The third-order valence-electron chi connectivity index (χ3n) is 3.98. The molecule has 26 heavy (non-hydrogen) atoms. The van der Waals surface area contributed by atoms with Crippen LogP contribution in [0.4, 0.5) is 0 Å². The predicted molar refractivity (Wildman–Crippen MR) is 92.5 cm³/mol. The monoisotopic (exact) mass is 357 g/mol. The number of hydrogen-bond acceptors (Lipinski definition) is 6. The van der Waals surface area contributed by atoms with Gasteiger partial charge in [-0.2, -0.15) is 0 Å². The number of methoxy groups -OCH3 is 1. The van der Waals surface area contributed by atoms with Gasteiger partial charge < -0.3 is 24.6 Å². The van der Waals surface area contributed by atoms with Gasteiger partial charge in [0.15, 0.2) is 11.5 Å². The Bertz CT molecular complexity index is 802. The van der Waals surface area contributed by atoms with Crippen LogP contribution < -0.4 is 14.8 Å². The van der Waals surface area contributed by atoms with Gasteiger partial charge in [-0.25, -0.2) is 4.79 Å². The summed E-state index contributed by atoms with van der Waals surface area (Å²) in [6, 6.07) is 11.2. The van der Waals surface area contributed by atoms with Crippen molar-refractivity contribution in [2.75, 3.05) is 26.9 Å². The lowest BCUT2D eigenvalue weighted by molar-refractivity contribution is 0.0600. The zero-order valence-corrected chi connectivity index (χ0v) is 14.2. The van der Waals surface area contributed by atoms with E-state index < -0.39 is 12.1 Å². The minimum atomic E-state index is -0.885. The first kappa shape index (κ1) is 17.8. The molecule has 0 aliphatic carbocycles. The molecule has 0 spiro atoms. The van der Waals surface area contributed by atoms with E-state index >= 15 is 0 Å².